The quantitative estimate of drug-likeness (QED) is 0.644. The molecule has 1 unspecified atom stereocenters. The molecule has 0 aromatic rings. The van der Waals surface area contributed by atoms with E-state index in [0.717, 1.165) is 0 Å². The van der Waals surface area contributed by atoms with Gasteiger partial charge in [-0.15, -0.1) is 0 Å². The summed E-state index contributed by atoms with van der Waals surface area (Å²) in [6.07, 6.45) is -1.32. The van der Waals surface area contributed by atoms with E-state index in [0.29, 0.717) is 0 Å². The molecule has 0 fully saturated rings. The fraction of sp³-hybridized carbons (Fsp3) is 0.889. The number of carbonyl (C=O) groups excluding carboxylic acids is 1. The molecule has 0 aromatic carbocycles. The number of aliphatic carboxylic acids is 1. The Hall–Kier alpha value is -1.08. The average molecular weight is 376 g/mol. The third kappa shape index (κ3) is 8.72. The molecule has 148 valence electrons. The fourth-order valence-corrected chi connectivity index (χ4v) is 3.44. The summed E-state index contributed by atoms with van der Waals surface area (Å²) in [5.74, 6) is -0.943. The molecule has 0 aromatic heterocycles. The van der Waals surface area contributed by atoms with Crippen LogP contribution in [0, 0.1) is 5.92 Å². The number of carboxylic acids is 1. The van der Waals surface area contributed by atoms with Crippen molar-refractivity contribution in [3.63, 3.8) is 0 Å². The van der Waals surface area contributed by atoms with Gasteiger partial charge in [-0.1, -0.05) is 34.6 Å². The van der Waals surface area contributed by atoms with Crippen LogP contribution >= 0.6 is 0 Å². The number of hydrogen-bond donors (Lipinski definition) is 2. The minimum Gasteiger partial charge on any atom is -0.481 e. The van der Waals surface area contributed by atoms with Crippen LogP contribution in [0.15, 0.2) is 0 Å². The van der Waals surface area contributed by atoms with Crippen molar-refractivity contribution in [2.75, 3.05) is 0 Å². The highest BCUT2D eigenvalue weighted by atomic mass is 28.4. The molecule has 0 saturated heterocycles. The predicted octanol–water partition coefficient (Wildman–Crippen LogP) is 4.40. The molecular weight excluding hydrogens is 338 g/mol. The molecule has 0 aliphatic carbocycles. The van der Waals surface area contributed by atoms with Crippen molar-refractivity contribution in [3.8, 4) is 0 Å². The molecule has 2 atom stereocenters. The average Bonchev–Trinajstić information content (AvgIpc) is 2.30. The first-order valence-corrected chi connectivity index (χ1v) is 11.8. The summed E-state index contributed by atoms with van der Waals surface area (Å²) in [6.45, 7) is 19.7. The van der Waals surface area contributed by atoms with Crippen molar-refractivity contribution in [2.45, 2.75) is 97.7 Å². The summed E-state index contributed by atoms with van der Waals surface area (Å²) in [5.41, 5.74) is -0.617. The standard InChI is InChI=1S/C18H37NO5Si/c1-12(2)15(19-16(22)23-17(3,4)5)13(11-14(20)21)24-25(9,10)18(6,7)8/h12-13,15H,11H2,1-10H3,(H,19,22)(H,20,21)/t13-,15?/m0/s1. The highest BCUT2D eigenvalue weighted by Crippen LogP contribution is 2.38. The summed E-state index contributed by atoms with van der Waals surface area (Å²) >= 11 is 0. The molecule has 0 aliphatic heterocycles. The molecule has 1 amide bonds. The zero-order valence-electron chi connectivity index (χ0n) is 17.5. The first-order chi connectivity index (χ1) is 11.0. The van der Waals surface area contributed by atoms with Crippen molar-refractivity contribution in [1.29, 1.82) is 0 Å². The van der Waals surface area contributed by atoms with Gasteiger partial charge in [0.1, 0.15) is 5.60 Å². The van der Waals surface area contributed by atoms with Gasteiger partial charge in [0, 0.05) is 0 Å². The van der Waals surface area contributed by atoms with Crippen LogP contribution in [0.4, 0.5) is 4.79 Å². The van der Waals surface area contributed by atoms with Crippen LogP contribution in [0.2, 0.25) is 18.1 Å². The van der Waals surface area contributed by atoms with Gasteiger partial charge in [-0.25, -0.2) is 4.79 Å². The Morgan fingerprint density at radius 1 is 1.08 bits per heavy atom. The monoisotopic (exact) mass is 375 g/mol. The summed E-state index contributed by atoms with van der Waals surface area (Å²) < 4.78 is 11.7. The van der Waals surface area contributed by atoms with E-state index in [-0.39, 0.29) is 17.4 Å². The first kappa shape index (κ1) is 23.9. The molecule has 0 rings (SSSR count). The van der Waals surface area contributed by atoms with Crippen molar-refractivity contribution in [3.05, 3.63) is 0 Å². The van der Waals surface area contributed by atoms with Crippen LogP contribution in [0.5, 0.6) is 0 Å². The Balaban J connectivity index is 5.47. The third-order valence-corrected chi connectivity index (χ3v) is 8.93. The molecular formula is C18H37NO5Si. The Labute approximate surface area is 153 Å². The second-order valence-corrected chi connectivity index (χ2v) is 14.2. The summed E-state index contributed by atoms with van der Waals surface area (Å²) in [7, 11) is -2.20. The molecule has 0 aliphatic rings. The minimum absolute atomic E-state index is 0.00152. The normalized spacial score (nSPS) is 15.6. The van der Waals surface area contributed by atoms with E-state index in [2.05, 4.69) is 39.2 Å². The van der Waals surface area contributed by atoms with Crippen LogP contribution < -0.4 is 5.32 Å². The zero-order valence-corrected chi connectivity index (χ0v) is 18.5. The van der Waals surface area contributed by atoms with Crippen LogP contribution in [0.1, 0.15) is 61.8 Å². The fourth-order valence-electron chi connectivity index (χ4n) is 2.10. The summed E-state index contributed by atoms with van der Waals surface area (Å²) in [6, 6.07) is -0.444. The first-order valence-electron chi connectivity index (χ1n) is 8.85. The largest absolute Gasteiger partial charge is 0.481 e. The van der Waals surface area contributed by atoms with Crippen molar-refractivity contribution in [2.24, 2.45) is 5.92 Å². The number of nitrogens with one attached hydrogen (secondary N) is 1. The summed E-state index contributed by atoms with van der Waals surface area (Å²) in [4.78, 5) is 23.6. The van der Waals surface area contributed by atoms with Gasteiger partial charge in [-0.05, 0) is 44.8 Å². The maximum absolute atomic E-state index is 12.2. The highest BCUT2D eigenvalue weighted by molar-refractivity contribution is 6.74. The Kier molecular flexibility index (Phi) is 8.16. The smallest absolute Gasteiger partial charge is 0.407 e. The van der Waals surface area contributed by atoms with E-state index < -0.39 is 38.1 Å². The number of ether oxygens (including phenoxy) is 1. The third-order valence-electron chi connectivity index (χ3n) is 4.43. The van der Waals surface area contributed by atoms with E-state index in [4.69, 9.17) is 9.16 Å². The predicted molar refractivity (Wildman–Crippen MR) is 102 cm³/mol. The van der Waals surface area contributed by atoms with Gasteiger partial charge in [0.15, 0.2) is 8.32 Å². The molecule has 6 nitrogen and oxygen atoms in total. The Morgan fingerprint density at radius 3 is 1.88 bits per heavy atom. The number of carboxylic acid groups (broad SMARTS) is 1. The number of rotatable bonds is 7. The van der Waals surface area contributed by atoms with Gasteiger partial charge < -0.3 is 19.6 Å². The summed E-state index contributed by atoms with van der Waals surface area (Å²) in [5, 5.41) is 12.1. The Morgan fingerprint density at radius 2 is 1.56 bits per heavy atom. The number of amides is 1. The topological polar surface area (TPSA) is 84.9 Å². The lowest BCUT2D eigenvalue weighted by molar-refractivity contribution is -0.139. The molecule has 25 heavy (non-hydrogen) atoms. The van der Waals surface area contributed by atoms with E-state index in [1.54, 1.807) is 20.8 Å². The maximum Gasteiger partial charge on any atom is 0.407 e. The minimum atomic E-state index is -2.20. The molecule has 0 saturated carbocycles. The second-order valence-electron chi connectivity index (χ2n) is 9.43. The van der Waals surface area contributed by atoms with Gasteiger partial charge in [0.2, 0.25) is 0 Å². The van der Waals surface area contributed by atoms with Gasteiger partial charge in [0.05, 0.1) is 18.6 Å². The van der Waals surface area contributed by atoms with Crippen molar-refractivity contribution < 1.29 is 23.9 Å². The lowest BCUT2D eigenvalue weighted by atomic mass is 9.96. The Bertz CT molecular complexity index is 463. The van der Waals surface area contributed by atoms with Gasteiger partial charge in [-0.3, -0.25) is 4.79 Å². The van der Waals surface area contributed by atoms with E-state index in [9.17, 15) is 14.7 Å². The lowest BCUT2D eigenvalue weighted by Crippen LogP contribution is -2.54. The molecule has 0 radical (unpaired) electrons. The molecule has 2 N–H and O–H groups in total. The zero-order chi connectivity index (χ0) is 20.2. The van der Waals surface area contributed by atoms with Crippen LogP contribution in [-0.4, -0.2) is 43.2 Å². The molecule has 7 heteroatoms. The number of alkyl carbamates (subject to hydrolysis) is 1. The van der Waals surface area contributed by atoms with E-state index >= 15 is 0 Å². The number of hydrogen-bond acceptors (Lipinski definition) is 4. The van der Waals surface area contributed by atoms with Crippen LogP contribution in [0.3, 0.4) is 0 Å². The SMILES string of the molecule is CC(C)C(NC(=O)OC(C)(C)C)[C@H](CC(=O)O)O[Si](C)(C)C(C)(C)C. The second kappa shape index (κ2) is 8.53. The highest BCUT2D eigenvalue weighted by Gasteiger charge is 2.42. The van der Waals surface area contributed by atoms with Crippen molar-refractivity contribution >= 4 is 20.4 Å². The maximum atomic E-state index is 12.2. The van der Waals surface area contributed by atoms with E-state index in [1.165, 1.54) is 0 Å². The molecule has 0 spiro atoms. The molecule has 0 heterocycles. The van der Waals surface area contributed by atoms with Gasteiger partial charge in [-0.2, -0.15) is 0 Å². The lowest BCUT2D eigenvalue weighted by Gasteiger charge is -2.42. The number of carbonyl (C=O) groups is 2. The van der Waals surface area contributed by atoms with Gasteiger partial charge >= 0.3 is 12.1 Å². The van der Waals surface area contributed by atoms with Gasteiger partial charge in [0.25, 0.3) is 0 Å². The van der Waals surface area contributed by atoms with Crippen LogP contribution in [-0.2, 0) is 14.0 Å². The van der Waals surface area contributed by atoms with E-state index in [1.807, 2.05) is 13.8 Å². The van der Waals surface area contributed by atoms with Crippen molar-refractivity contribution in [1.82, 2.24) is 5.32 Å². The molecule has 0 bridgehead atoms. The van der Waals surface area contributed by atoms with Crippen LogP contribution in [0.25, 0.3) is 0 Å².